The van der Waals surface area contributed by atoms with E-state index in [1.165, 1.54) is 12.8 Å². The Morgan fingerprint density at radius 1 is 1.26 bits per heavy atom. The van der Waals surface area contributed by atoms with Crippen LogP contribution in [0.2, 0.25) is 0 Å². The molecule has 0 radical (unpaired) electrons. The van der Waals surface area contributed by atoms with Crippen molar-refractivity contribution in [3.05, 3.63) is 0 Å². The van der Waals surface area contributed by atoms with Crippen molar-refractivity contribution in [1.82, 2.24) is 15.1 Å². The van der Waals surface area contributed by atoms with Crippen LogP contribution in [0, 0.1) is 5.92 Å². The second kappa shape index (κ2) is 5.77. The molecule has 1 N–H and O–H groups in total. The van der Waals surface area contributed by atoms with E-state index in [4.69, 9.17) is 4.74 Å². The van der Waals surface area contributed by atoms with Gasteiger partial charge in [-0.1, -0.05) is 0 Å². The number of hydrogen-bond donors (Lipinski definition) is 1. The highest BCUT2D eigenvalue weighted by Crippen LogP contribution is 2.28. The Labute approximate surface area is 115 Å². The van der Waals surface area contributed by atoms with Gasteiger partial charge in [0.1, 0.15) is 0 Å². The van der Waals surface area contributed by atoms with Gasteiger partial charge in [0.25, 0.3) is 0 Å². The number of fused-ring (bicyclic) bond motifs is 1. The summed E-state index contributed by atoms with van der Waals surface area (Å²) in [5.41, 5.74) is 0. The van der Waals surface area contributed by atoms with Crippen LogP contribution in [0.5, 0.6) is 0 Å². The monoisotopic (exact) mass is 267 g/mol. The first-order chi connectivity index (χ1) is 9.27. The second-order valence-corrected chi connectivity index (χ2v) is 5.98. The molecule has 0 aliphatic carbocycles. The number of carbonyl (C=O) groups excluding carboxylic acids is 1. The number of nitrogens with zero attached hydrogens (tertiary/aromatic N) is 2. The number of rotatable bonds is 2. The van der Waals surface area contributed by atoms with Gasteiger partial charge < -0.3 is 15.0 Å². The summed E-state index contributed by atoms with van der Waals surface area (Å²) >= 11 is 0. The maximum Gasteiger partial charge on any atom is 0.239 e. The summed E-state index contributed by atoms with van der Waals surface area (Å²) in [6, 6.07) is 0.583. The molecular formula is C14H25N3O2. The zero-order valence-corrected chi connectivity index (χ0v) is 11.8. The number of amides is 1. The Balaban J connectivity index is 1.64. The molecule has 5 heteroatoms. The van der Waals surface area contributed by atoms with Crippen LogP contribution < -0.4 is 5.32 Å². The van der Waals surface area contributed by atoms with Gasteiger partial charge in [0.15, 0.2) is 0 Å². The Morgan fingerprint density at radius 3 is 2.84 bits per heavy atom. The average molecular weight is 267 g/mol. The minimum Gasteiger partial charge on any atom is -0.378 e. The van der Waals surface area contributed by atoms with E-state index in [0.29, 0.717) is 19.3 Å². The van der Waals surface area contributed by atoms with Gasteiger partial charge >= 0.3 is 0 Å². The molecule has 0 spiro atoms. The van der Waals surface area contributed by atoms with Crippen molar-refractivity contribution in [2.24, 2.45) is 5.92 Å². The van der Waals surface area contributed by atoms with E-state index in [1.54, 1.807) is 0 Å². The Hall–Kier alpha value is -0.650. The molecule has 1 amide bonds. The van der Waals surface area contributed by atoms with Crippen LogP contribution in [0.4, 0.5) is 0 Å². The van der Waals surface area contributed by atoms with Gasteiger partial charge in [0.2, 0.25) is 5.91 Å². The molecule has 108 valence electrons. The van der Waals surface area contributed by atoms with Crippen molar-refractivity contribution >= 4 is 5.91 Å². The van der Waals surface area contributed by atoms with Crippen LogP contribution in [0.3, 0.4) is 0 Å². The number of carbonyl (C=O) groups is 1. The minimum atomic E-state index is 0.0193. The Kier molecular flexibility index (Phi) is 4.05. The van der Waals surface area contributed by atoms with Crippen LogP contribution >= 0.6 is 0 Å². The third-order valence-electron chi connectivity index (χ3n) is 4.90. The number of hydrogen-bond acceptors (Lipinski definition) is 4. The van der Waals surface area contributed by atoms with Crippen LogP contribution in [-0.2, 0) is 9.53 Å². The largest absolute Gasteiger partial charge is 0.378 e. The first-order valence-corrected chi connectivity index (χ1v) is 7.60. The molecule has 3 aliphatic rings. The van der Waals surface area contributed by atoms with Crippen molar-refractivity contribution in [2.75, 3.05) is 45.9 Å². The quantitative estimate of drug-likeness (QED) is 0.760. The van der Waals surface area contributed by atoms with E-state index in [2.05, 4.69) is 17.1 Å². The first-order valence-electron chi connectivity index (χ1n) is 7.60. The van der Waals surface area contributed by atoms with Crippen molar-refractivity contribution in [3.63, 3.8) is 0 Å². The van der Waals surface area contributed by atoms with Crippen molar-refractivity contribution < 1.29 is 9.53 Å². The zero-order valence-electron chi connectivity index (χ0n) is 11.8. The summed E-state index contributed by atoms with van der Waals surface area (Å²) in [6.07, 6.45) is 2.54. The van der Waals surface area contributed by atoms with Gasteiger partial charge in [0.05, 0.1) is 19.3 Å². The number of nitrogens with one attached hydrogen (secondary N) is 1. The maximum absolute atomic E-state index is 12.6. The van der Waals surface area contributed by atoms with E-state index in [1.807, 2.05) is 4.90 Å². The molecule has 3 rings (SSSR count). The summed E-state index contributed by atoms with van der Waals surface area (Å²) in [6.45, 7) is 8.20. The van der Waals surface area contributed by atoms with Gasteiger partial charge in [-0.05, 0) is 38.8 Å². The summed E-state index contributed by atoms with van der Waals surface area (Å²) in [7, 11) is 0. The molecular weight excluding hydrogens is 242 g/mol. The Bertz CT molecular complexity index is 331. The average Bonchev–Trinajstić information content (AvgIpc) is 2.95. The highest BCUT2D eigenvalue weighted by Gasteiger charge is 2.39. The molecule has 3 unspecified atom stereocenters. The lowest BCUT2D eigenvalue weighted by molar-refractivity contribution is -0.142. The number of likely N-dealkylation sites (tertiary alicyclic amines) is 1. The standard InChI is InChI=1S/C14H25N3O2/c1-11(14(18)16-5-7-19-8-6-16)17-4-2-3-12-9-15-10-13(12)17/h11-13,15H,2-10H2,1H3. The molecule has 3 atom stereocenters. The topological polar surface area (TPSA) is 44.8 Å². The lowest BCUT2D eigenvalue weighted by Gasteiger charge is -2.42. The molecule has 3 fully saturated rings. The van der Waals surface area contributed by atoms with Gasteiger partial charge in [-0.3, -0.25) is 9.69 Å². The number of piperidine rings is 1. The maximum atomic E-state index is 12.6. The second-order valence-electron chi connectivity index (χ2n) is 5.98. The smallest absolute Gasteiger partial charge is 0.239 e. The van der Waals surface area contributed by atoms with Crippen molar-refractivity contribution in [2.45, 2.75) is 31.8 Å². The van der Waals surface area contributed by atoms with Crippen LogP contribution in [-0.4, -0.2) is 73.7 Å². The molecule has 0 bridgehead atoms. The predicted octanol–water partition coefficient (Wildman–Crippen LogP) is -0.0825. The number of ether oxygens (including phenoxy) is 1. The third-order valence-corrected chi connectivity index (χ3v) is 4.90. The fourth-order valence-corrected chi connectivity index (χ4v) is 3.77. The molecule has 0 aromatic carbocycles. The fraction of sp³-hybridized carbons (Fsp3) is 0.929. The SMILES string of the molecule is CC(C(=O)N1CCOCC1)N1CCCC2CNCC21. The lowest BCUT2D eigenvalue weighted by atomic mass is 9.90. The number of morpholine rings is 1. The molecule has 19 heavy (non-hydrogen) atoms. The van der Waals surface area contributed by atoms with E-state index >= 15 is 0 Å². The molecule has 0 aromatic rings. The summed E-state index contributed by atoms with van der Waals surface area (Å²) in [4.78, 5) is 17.0. The van der Waals surface area contributed by atoms with Crippen LogP contribution in [0.15, 0.2) is 0 Å². The van der Waals surface area contributed by atoms with E-state index < -0.39 is 0 Å². The van der Waals surface area contributed by atoms with Crippen molar-refractivity contribution in [1.29, 1.82) is 0 Å². The first kappa shape index (κ1) is 13.3. The summed E-state index contributed by atoms with van der Waals surface area (Å²) in [5.74, 6) is 1.03. The van der Waals surface area contributed by atoms with E-state index in [9.17, 15) is 4.79 Å². The molecule has 3 saturated heterocycles. The highest BCUT2D eigenvalue weighted by molar-refractivity contribution is 5.81. The normalized spacial score (nSPS) is 34.1. The third kappa shape index (κ3) is 2.64. The van der Waals surface area contributed by atoms with Crippen LogP contribution in [0.1, 0.15) is 19.8 Å². The van der Waals surface area contributed by atoms with E-state index in [-0.39, 0.29) is 11.9 Å². The van der Waals surface area contributed by atoms with Gasteiger partial charge in [-0.15, -0.1) is 0 Å². The van der Waals surface area contributed by atoms with Gasteiger partial charge in [-0.25, -0.2) is 0 Å². The molecule has 3 aliphatic heterocycles. The summed E-state index contributed by atoms with van der Waals surface area (Å²) < 4.78 is 5.33. The Morgan fingerprint density at radius 2 is 2.05 bits per heavy atom. The fourth-order valence-electron chi connectivity index (χ4n) is 3.77. The van der Waals surface area contributed by atoms with Crippen molar-refractivity contribution in [3.8, 4) is 0 Å². The van der Waals surface area contributed by atoms with Gasteiger partial charge in [-0.2, -0.15) is 0 Å². The molecule has 0 aromatic heterocycles. The predicted molar refractivity (Wildman–Crippen MR) is 72.9 cm³/mol. The molecule has 3 heterocycles. The molecule has 5 nitrogen and oxygen atoms in total. The van der Waals surface area contributed by atoms with E-state index in [0.717, 1.165) is 38.6 Å². The lowest BCUT2D eigenvalue weighted by Crippen LogP contribution is -2.56. The highest BCUT2D eigenvalue weighted by atomic mass is 16.5. The van der Waals surface area contributed by atoms with Gasteiger partial charge in [0, 0.05) is 25.7 Å². The van der Waals surface area contributed by atoms with Crippen LogP contribution in [0.25, 0.3) is 0 Å². The minimum absolute atomic E-state index is 0.0193. The molecule has 0 saturated carbocycles. The summed E-state index contributed by atoms with van der Waals surface area (Å²) in [5, 5.41) is 3.48. The zero-order chi connectivity index (χ0) is 13.2.